The monoisotopic (exact) mass is 605 g/mol. The van der Waals surface area contributed by atoms with Crippen LogP contribution in [-0.2, 0) is 16.2 Å². The number of benzene rings is 3. The fourth-order valence-electron chi connectivity index (χ4n) is 4.82. The van der Waals surface area contributed by atoms with Crippen LogP contribution in [-0.4, -0.2) is 67.7 Å². The van der Waals surface area contributed by atoms with Crippen molar-refractivity contribution in [2.45, 2.75) is 44.0 Å². The van der Waals surface area contributed by atoms with Crippen LogP contribution >= 0.6 is 0 Å². The number of carbonyl (C=O) groups is 1. The average molecular weight is 606 g/mol. The van der Waals surface area contributed by atoms with Gasteiger partial charge in [-0.2, -0.15) is 17.5 Å². The van der Waals surface area contributed by atoms with Crippen LogP contribution in [0.5, 0.6) is 5.75 Å². The normalized spacial score (nSPS) is 19.5. The second-order valence-corrected chi connectivity index (χ2v) is 12.5. The standard InChI is InChI=1S/C30H34F3N3O5S/c1-19-7-5-6-8-25(19)22-9-14-28-26(15-22)41-27(20(2)16-36(21(3)18-37)42(28,39)40)17-35(4)29(38)34-24-12-10-23(11-13-24)30(31,32)33/h5-15,20-21,27,37H,16-18H2,1-4H3,(H,34,38)/t20-,21+,27+/m0/s1. The summed E-state index contributed by atoms with van der Waals surface area (Å²) in [5.41, 5.74) is 2.01. The maximum absolute atomic E-state index is 13.8. The van der Waals surface area contributed by atoms with E-state index in [0.717, 1.165) is 28.8 Å². The molecule has 226 valence electrons. The molecule has 2 amide bonds. The van der Waals surface area contributed by atoms with Crippen LogP contribution in [0.4, 0.5) is 23.7 Å². The predicted molar refractivity (Wildman–Crippen MR) is 154 cm³/mol. The number of fused-ring (bicyclic) bond motifs is 1. The first-order valence-corrected chi connectivity index (χ1v) is 14.8. The largest absolute Gasteiger partial charge is 0.487 e. The van der Waals surface area contributed by atoms with Gasteiger partial charge in [0.05, 0.1) is 18.7 Å². The summed E-state index contributed by atoms with van der Waals surface area (Å²) in [5, 5.41) is 12.4. The topological polar surface area (TPSA) is 99.2 Å². The van der Waals surface area contributed by atoms with E-state index in [1.807, 2.05) is 31.2 Å². The molecule has 0 spiro atoms. The molecule has 3 aromatic carbocycles. The summed E-state index contributed by atoms with van der Waals surface area (Å²) in [4.78, 5) is 14.3. The minimum Gasteiger partial charge on any atom is -0.487 e. The van der Waals surface area contributed by atoms with Crippen molar-refractivity contribution in [3.63, 3.8) is 0 Å². The number of aryl methyl sites for hydroxylation is 1. The Morgan fingerprint density at radius 1 is 1.14 bits per heavy atom. The van der Waals surface area contributed by atoms with E-state index in [-0.39, 0.29) is 36.0 Å². The van der Waals surface area contributed by atoms with Crippen molar-refractivity contribution in [3.05, 3.63) is 77.9 Å². The van der Waals surface area contributed by atoms with Gasteiger partial charge in [0, 0.05) is 31.2 Å². The van der Waals surface area contributed by atoms with Crippen molar-refractivity contribution in [2.24, 2.45) is 5.92 Å². The number of alkyl halides is 3. The third-order valence-electron chi connectivity index (χ3n) is 7.39. The molecule has 4 rings (SSSR count). The molecule has 0 saturated carbocycles. The molecular weight excluding hydrogens is 571 g/mol. The highest BCUT2D eigenvalue weighted by Crippen LogP contribution is 2.37. The molecule has 1 heterocycles. The minimum atomic E-state index is -4.49. The molecule has 12 heteroatoms. The molecule has 0 fully saturated rings. The van der Waals surface area contributed by atoms with Gasteiger partial charge in [-0.25, -0.2) is 13.2 Å². The van der Waals surface area contributed by atoms with E-state index in [2.05, 4.69) is 5.32 Å². The molecule has 0 bridgehead atoms. The number of anilines is 1. The van der Waals surface area contributed by atoms with Gasteiger partial charge < -0.3 is 20.1 Å². The third-order valence-corrected chi connectivity index (χ3v) is 9.41. The molecule has 3 aromatic rings. The molecule has 3 atom stereocenters. The predicted octanol–water partition coefficient (Wildman–Crippen LogP) is 5.61. The van der Waals surface area contributed by atoms with Crippen molar-refractivity contribution in [3.8, 4) is 16.9 Å². The van der Waals surface area contributed by atoms with Gasteiger partial charge >= 0.3 is 12.2 Å². The van der Waals surface area contributed by atoms with Gasteiger partial charge in [0.2, 0.25) is 10.0 Å². The molecule has 0 radical (unpaired) electrons. The lowest BCUT2D eigenvalue weighted by atomic mass is 10.00. The van der Waals surface area contributed by atoms with Crippen molar-refractivity contribution in [1.82, 2.24) is 9.21 Å². The van der Waals surface area contributed by atoms with E-state index >= 15 is 0 Å². The van der Waals surface area contributed by atoms with Crippen LogP contribution in [0.25, 0.3) is 11.1 Å². The Morgan fingerprint density at radius 3 is 2.43 bits per heavy atom. The first-order valence-electron chi connectivity index (χ1n) is 13.4. The lowest BCUT2D eigenvalue weighted by Crippen LogP contribution is -2.50. The number of aliphatic hydroxyl groups is 1. The zero-order valence-corrected chi connectivity index (χ0v) is 24.5. The van der Waals surface area contributed by atoms with Crippen LogP contribution in [0.2, 0.25) is 0 Å². The number of rotatable bonds is 6. The second kappa shape index (κ2) is 12.3. The number of carbonyl (C=O) groups excluding carboxylic acids is 1. The Kier molecular flexibility index (Phi) is 9.19. The first kappa shape index (κ1) is 31.3. The maximum atomic E-state index is 13.8. The fraction of sp³-hybridized carbons (Fsp3) is 0.367. The maximum Gasteiger partial charge on any atom is 0.416 e. The third kappa shape index (κ3) is 6.71. The highest BCUT2D eigenvalue weighted by molar-refractivity contribution is 7.89. The van der Waals surface area contributed by atoms with Gasteiger partial charge in [0.25, 0.3) is 0 Å². The van der Waals surface area contributed by atoms with E-state index in [1.54, 1.807) is 26.0 Å². The van der Waals surface area contributed by atoms with Gasteiger partial charge in [-0.3, -0.25) is 0 Å². The van der Waals surface area contributed by atoms with Crippen LogP contribution in [0.3, 0.4) is 0 Å². The Hall–Kier alpha value is -3.61. The molecular formula is C30H34F3N3O5S. The Labute approximate surface area is 243 Å². The summed E-state index contributed by atoms with van der Waals surface area (Å²) in [6, 6.07) is 15.4. The molecule has 1 aliphatic rings. The van der Waals surface area contributed by atoms with Crippen molar-refractivity contribution in [1.29, 1.82) is 0 Å². The summed E-state index contributed by atoms with van der Waals surface area (Å²) < 4.78 is 73.8. The van der Waals surface area contributed by atoms with Gasteiger partial charge in [-0.15, -0.1) is 0 Å². The molecule has 8 nitrogen and oxygen atoms in total. The molecule has 0 saturated heterocycles. The minimum absolute atomic E-state index is 0.0298. The number of nitrogens with zero attached hydrogens (tertiary/aromatic N) is 2. The van der Waals surface area contributed by atoms with Crippen molar-refractivity contribution in [2.75, 3.05) is 32.1 Å². The van der Waals surface area contributed by atoms with Crippen LogP contribution < -0.4 is 10.1 Å². The van der Waals surface area contributed by atoms with Crippen molar-refractivity contribution < 1.29 is 36.2 Å². The average Bonchev–Trinajstić information content (AvgIpc) is 2.94. The van der Waals surface area contributed by atoms with Gasteiger partial charge in [-0.05, 0) is 66.9 Å². The Morgan fingerprint density at radius 2 is 1.81 bits per heavy atom. The SMILES string of the molecule is Cc1ccccc1-c1ccc2c(c1)O[C@H](CN(C)C(=O)Nc1ccc(C(F)(F)F)cc1)[C@@H](C)CN([C@H](C)CO)S2(=O)=O. The Balaban J connectivity index is 1.65. The lowest BCUT2D eigenvalue weighted by molar-refractivity contribution is -0.137. The molecule has 1 aliphatic heterocycles. The number of halogens is 3. The van der Waals surface area contributed by atoms with Crippen LogP contribution in [0.1, 0.15) is 25.0 Å². The summed E-state index contributed by atoms with van der Waals surface area (Å²) in [5.74, 6) is -0.288. The number of hydrogen-bond acceptors (Lipinski definition) is 5. The van der Waals surface area contributed by atoms with E-state index in [4.69, 9.17) is 4.74 Å². The Bertz CT molecular complexity index is 1530. The highest BCUT2D eigenvalue weighted by Gasteiger charge is 2.38. The van der Waals surface area contributed by atoms with E-state index in [9.17, 15) is 31.5 Å². The number of nitrogens with one attached hydrogen (secondary N) is 1. The molecule has 0 unspecified atom stereocenters. The van der Waals surface area contributed by atoms with Crippen LogP contribution in [0, 0.1) is 12.8 Å². The van der Waals surface area contributed by atoms with Gasteiger partial charge in [0.15, 0.2) is 0 Å². The summed E-state index contributed by atoms with van der Waals surface area (Å²) in [6.45, 7) is 5.06. The quantitative estimate of drug-likeness (QED) is 0.381. The number of amides is 2. The number of hydrogen-bond donors (Lipinski definition) is 2. The number of aliphatic hydroxyl groups excluding tert-OH is 1. The summed E-state index contributed by atoms with van der Waals surface area (Å²) in [6.07, 6.45) is -5.15. The number of sulfonamides is 1. The summed E-state index contributed by atoms with van der Waals surface area (Å²) >= 11 is 0. The zero-order chi connectivity index (χ0) is 30.8. The second-order valence-electron chi connectivity index (χ2n) is 10.6. The summed E-state index contributed by atoms with van der Waals surface area (Å²) in [7, 11) is -2.53. The smallest absolute Gasteiger partial charge is 0.416 e. The number of ether oxygens (including phenoxy) is 1. The van der Waals surface area contributed by atoms with Crippen molar-refractivity contribution >= 4 is 21.7 Å². The molecule has 0 aromatic heterocycles. The first-order chi connectivity index (χ1) is 19.7. The number of likely N-dealkylation sites (N-methyl/N-ethyl adjacent to an activating group) is 1. The van der Waals surface area contributed by atoms with E-state index in [0.29, 0.717) is 0 Å². The van der Waals surface area contributed by atoms with Gasteiger partial charge in [-0.1, -0.05) is 37.3 Å². The highest BCUT2D eigenvalue weighted by atomic mass is 32.2. The number of urea groups is 1. The van der Waals surface area contributed by atoms with Crippen LogP contribution in [0.15, 0.2) is 71.6 Å². The van der Waals surface area contributed by atoms with E-state index < -0.39 is 45.9 Å². The van der Waals surface area contributed by atoms with E-state index in [1.165, 1.54) is 34.5 Å². The molecule has 42 heavy (non-hydrogen) atoms. The fourth-order valence-corrected chi connectivity index (χ4v) is 6.65. The van der Waals surface area contributed by atoms with Gasteiger partial charge in [0.1, 0.15) is 16.7 Å². The zero-order valence-electron chi connectivity index (χ0n) is 23.7. The molecule has 0 aliphatic carbocycles. The molecule has 2 N–H and O–H groups in total. The lowest BCUT2D eigenvalue weighted by Gasteiger charge is -2.37.